The minimum Gasteiger partial charge on any atom is -0.391 e. The fourth-order valence-corrected chi connectivity index (χ4v) is 1.75. The number of rotatable bonds is 5. The zero-order valence-corrected chi connectivity index (χ0v) is 11.3. The molecule has 1 rings (SSSR count). The molecule has 18 heavy (non-hydrogen) atoms. The van der Waals surface area contributed by atoms with Gasteiger partial charge in [0.1, 0.15) is 0 Å². The fourth-order valence-electron chi connectivity index (χ4n) is 1.27. The van der Waals surface area contributed by atoms with E-state index in [9.17, 15) is 20.0 Å². The summed E-state index contributed by atoms with van der Waals surface area (Å²) in [5.74, 6) is -0.452. The number of aliphatic hydroxyl groups is 1. The molecule has 0 aliphatic heterocycles. The standard InChI is InChI=1S/C11H13BrN2O4/c1-2-10(15)6-13-11(16)7-3-8(12)5-9(4-7)14(17)18/h3-5,10,15H,2,6H2,1H3,(H,13,16). The number of aliphatic hydroxyl groups excluding tert-OH is 1. The molecule has 0 fully saturated rings. The highest BCUT2D eigenvalue weighted by Gasteiger charge is 2.14. The second-order valence-corrected chi connectivity index (χ2v) is 4.64. The Hall–Kier alpha value is -1.47. The van der Waals surface area contributed by atoms with Crippen molar-refractivity contribution in [2.75, 3.05) is 6.54 Å². The number of nitrogens with zero attached hydrogens (tertiary/aromatic N) is 1. The lowest BCUT2D eigenvalue weighted by molar-refractivity contribution is -0.385. The maximum Gasteiger partial charge on any atom is 0.271 e. The maximum absolute atomic E-state index is 11.7. The van der Waals surface area contributed by atoms with E-state index < -0.39 is 16.9 Å². The fraction of sp³-hybridized carbons (Fsp3) is 0.364. The van der Waals surface area contributed by atoms with Crippen LogP contribution in [-0.4, -0.2) is 28.6 Å². The average molecular weight is 317 g/mol. The monoisotopic (exact) mass is 316 g/mol. The molecule has 6 nitrogen and oxygen atoms in total. The molecule has 0 spiro atoms. The summed E-state index contributed by atoms with van der Waals surface area (Å²) in [6.07, 6.45) is -0.0880. The Morgan fingerprint density at radius 2 is 2.22 bits per heavy atom. The first-order valence-corrected chi connectivity index (χ1v) is 6.14. The third-order valence-electron chi connectivity index (χ3n) is 2.33. The van der Waals surface area contributed by atoms with Gasteiger partial charge in [-0.3, -0.25) is 14.9 Å². The molecule has 98 valence electrons. The Labute approximate surface area is 112 Å². The van der Waals surface area contributed by atoms with Crippen molar-refractivity contribution in [1.29, 1.82) is 0 Å². The van der Waals surface area contributed by atoms with E-state index in [1.54, 1.807) is 6.92 Å². The molecule has 1 aromatic carbocycles. The topological polar surface area (TPSA) is 92.5 Å². The van der Waals surface area contributed by atoms with Crippen LogP contribution in [0, 0.1) is 10.1 Å². The second-order valence-electron chi connectivity index (χ2n) is 3.73. The third-order valence-corrected chi connectivity index (χ3v) is 2.78. The lowest BCUT2D eigenvalue weighted by atomic mass is 10.2. The number of carbonyl (C=O) groups excluding carboxylic acids is 1. The number of hydrogen-bond acceptors (Lipinski definition) is 4. The van der Waals surface area contributed by atoms with Gasteiger partial charge in [-0.25, -0.2) is 0 Å². The van der Waals surface area contributed by atoms with Crippen LogP contribution in [0.2, 0.25) is 0 Å². The van der Waals surface area contributed by atoms with E-state index in [1.807, 2.05) is 0 Å². The van der Waals surface area contributed by atoms with Gasteiger partial charge in [0.2, 0.25) is 0 Å². The van der Waals surface area contributed by atoms with Gasteiger partial charge < -0.3 is 10.4 Å². The first kappa shape index (κ1) is 14.6. The predicted molar refractivity (Wildman–Crippen MR) is 69.4 cm³/mol. The van der Waals surface area contributed by atoms with Gasteiger partial charge in [0.05, 0.1) is 11.0 Å². The molecule has 0 aliphatic rings. The zero-order valence-electron chi connectivity index (χ0n) is 9.72. The second kappa shape index (κ2) is 6.46. The van der Waals surface area contributed by atoms with E-state index in [-0.39, 0.29) is 17.8 Å². The van der Waals surface area contributed by atoms with Crippen LogP contribution in [-0.2, 0) is 0 Å². The van der Waals surface area contributed by atoms with Crippen LogP contribution in [0.25, 0.3) is 0 Å². The van der Waals surface area contributed by atoms with Crippen molar-refractivity contribution in [3.05, 3.63) is 38.3 Å². The number of halogens is 1. The van der Waals surface area contributed by atoms with E-state index >= 15 is 0 Å². The quantitative estimate of drug-likeness (QED) is 0.640. The summed E-state index contributed by atoms with van der Waals surface area (Å²) < 4.78 is 0.456. The van der Waals surface area contributed by atoms with E-state index in [1.165, 1.54) is 18.2 Å². The van der Waals surface area contributed by atoms with Gasteiger partial charge in [-0.05, 0) is 12.5 Å². The van der Waals surface area contributed by atoms with Crippen LogP contribution >= 0.6 is 15.9 Å². The molecule has 0 saturated heterocycles. The summed E-state index contributed by atoms with van der Waals surface area (Å²) >= 11 is 3.11. The van der Waals surface area contributed by atoms with Crippen LogP contribution in [0.3, 0.4) is 0 Å². The summed E-state index contributed by atoms with van der Waals surface area (Å²) in [4.78, 5) is 21.8. The molecule has 0 aliphatic carbocycles. The number of nitro groups is 1. The van der Waals surface area contributed by atoms with Gasteiger partial charge >= 0.3 is 0 Å². The summed E-state index contributed by atoms with van der Waals surface area (Å²) in [7, 11) is 0. The molecule has 0 radical (unpaired) electrons. The SMILES string of the molecule is CCC(O)CNC(=O)c1cc(Br)cc([N+](=O)[O-])c1. The highest BCUT2D eigenvalue weighted by atomic mass is 79.9. The first-order valence-electron chi connectivity index (χ1n) is 5.35. The van der Waals surface area contributed by atoms with Gasteiger partial charge in [0, 0.05) is 28.7 Å². The smallest absolute Gasteiger partial charge is 0.271 e. The summed E-state index contributed by atoms with van der Waals surface area (Å²) in [5, 5.41) is 22.5. The highest BCUT2D eigenvalue weighted by molar-refractivity contribution is 9.10. The Balaban J connectivity index is 2.82. The molecule has 1 amide bonds. The Bertz CT molecular complexity index is 464. The minimum atomic E-state index is -0.615. The maximum atomic E-state index is 11.7. The van der Waals surface area contributed by atoms with E-state index in [4.69, 9.17) is 0 Å². The van der Waals surface area contributed by atoms with Crippen molar-refractivity contribution in [3.63, 3.8) is 0 Å². The Kier molecular flexibility index (Phi) is 5.24. The molecule has 2 N–H and O–H groups in total. The zero-order chi connectivity index (χ0) is 13.7. The lowest BCUT2D eigenvalue weighted by Gasteiger charge is -2.09. The van der Waals surface area contributed by atoms with E-state index in [0.717, 1.165) is 0 Å². The van der Waals surface area contributed by atoms with Gasteiger partial charge in [0.15, 0.2) is 0 Å². The summed E-state index contributed by atoms with van der Waals surface area (Å²) in [6, 6.07) is 4.00. The van der Waals surface area contributed by atoms with Crippen LogP contribution < -0.4 is 5.32 Å². The Morgan fingerprint density at radius 3 is 2.78 bits per heavy atom. The summed E-state index contributed by atoms with van der Waals surface area (Å²) in [5.41, 5.74) is 0.0185. The van der Waals surface area contributed by atoms with Crippen molar-refractivity contribution in [2.24, 2.45) is 0 Å². The molecule has 1 unspecified atom stereocenters. The van der Waals surface area contributed by atoms with Crippen molar-refractivity contribution in [1.82, 2.24) is 5.32 Å². The van der Waals surface area contributed by atoms with Crippen LogP contribution in [0.5, 0.6) is 0 Å². The van der Waals surface area contributed by atoms with Crippen molar-refractivity contribution in [3.8, 4) is 0 Å². The van der Waals surface area contributed by atoms with Crippen LogP contribution in [0.15, 0.2) is 22.7 Å². The molecule has 0 saturated carbocycles. The molecular weight excluding hydrogens is 304 g/mol. The number of amides is 1. The predicted octanol–water partition coefficient (Wildman–Crippen LogP) is 1.86. The molecule has 1 atom stereocenters. The van der Waals surface area contributed by atoms with Crippen molar-refractivity contribution in [2.45, 2.75) is 19.4 Å². The number of hydrogen-bond donors (Lipinski definition) is 2. The number of nitrogens with one attached hydrogen (secondary N) is 1. The average Bonchev–Trinajstić information content (AvgIpc) is 2.34. The number of nitro benzene ring substituents is 1. The number of benzene rings is 1. The molecule has 7 heteroatoms. The van der Waals surface area contributed by atoms with Gasteiger partial charge in [-0.15, -0.1) is 0 Å². The lowest BCUT2D eigenvalue weighted by Crippen LogP contribution is -2.31. The van der Waals surface area contributed by atoms with Crippen LogP contribution in [0.1, 0.15) is 23.7 Å². The molecule has 0 aromatic heterocycles. The van der Waals surface area contributed by atoms with Gasteiger partial charge in [-0.2, -0.15) is 0 Å². The van der Waals surface area contributed by atoms with Gasteiger partial charge in [0.25, 0.3) is 11.6 Å². The number of carbonyl (C=O) groups is 1. The van der Waals surface area contributed by atoms with Crippen LogP contribution in [0.4, 0.5) is 5.69 Å². The molecule has 0 bridgehead atoms. The third kappa shape index (κ3) is 4.08. The summed E-state index contributed by atoms with van der Waals surface area (Å²) in [6.45, 7) is 1.91. The number of non-ortho nitro benzene ring substituents is 1. The highest BCUT2D eigenvalue weighted by Crippen LogP contribution is 2.21. The van der Waals surface area contributed by atoms with Crippen molar-refractivity contribution >= 4 is 27.5 Å². The van der Waals surface area contributed by atoms with E-state index in [0.29, 0.717) is 10.9 Å². The Morgan fingerprint density at radius 1 is 1.56 bits per heavy atom. The van der Waals surface area contributed by atoms with Crippen molar-refractivity contribution < 1.29 is 14.8 Å². The first-order chi connectivity index (χ1) is 8.43. The molecule has 1 aromatic rings. The normalized spacial score (nSPS) is 11.9. The largest absolute Gasteiger partial charge is 0.391 e. The van der Waals surface area contributed by atoms with Gasteiger partial charge in [-0.1, -0.05) is 22.9 Å². The molecule has 0 heterocycles. The minimum absolute atomic E-state index is 0.121. The molecular formula is C11H13BrN2O4. The van der Waals surface area contributed by atoms with E-state index in [2.05, 4.69) is 21.2 Å².